The van der Waals surface area contributed by atoms with Crippen LogP contribution in [0.15, 0.2) is 71.4 Å². The number of fused-ring (bicyclic) bond motifs is 1. The maximum Gasteiger partial charge on any atom is 0.248 e. The zero-order chi connectivity index (χ0) is 22.8. The molecule has 4 aromatic rings. The van der Waals surface area contributed by atoms with Crippen molar-refractivity contribution in [2.24, 2.45) is 0 Å². The third kappa shape index (κ3) is 4.49. The first-order chi connectivity index (χ1) is 15.4. The number of halogens is 3. The first-order valence-corrected chi connectivity index (χ1v) is 10.4. The van der Waals surface area contributed by atoms with E-state index < -0.39 is 5.82 Å². The number of carbonyl (C=O) groups excluding carboxylic acids is 1. The highest BCUT2D eigenvalue weighted by Gasteiger charge is 2.15. The van der Waals surface area contributed by atoms with Crippen LogP contribution in [0.4, 0.5) is 10.1 Å². The zero-order valence-corrected chi connectivity index (χ0v) is 18.7. The predicted octanol–water partition coefficient (Wildman–Crippen LogP) is 7.60. The molecule has 0 unspecified atom stereocenters. The normalized spacial score (nSPS) is 11.6. The molecule has 0 saturated heterocycles. The van der Waals surface area contributed by atoms with Crippen molar-refractivity contribution in [1.82, 2.24) is 0 Å². The van der Waals surface area contributed by atoms with Gasteiger partial charge in [-0.15, -0.1) is 0 Å². The van der Waals surface area contributed by atoms with Gasteiger partial charge in [0.1, 0.15) is 17.1 Å². The summed E-state index contributed by atoms with van der Waals surface area (Å²) >= 11 is 11.8. The van der Waals surface area contributed by atoms with E-state index in [1.54, 1.807) is 19.4 Å². The smallest absolute Gasteiger partial charge is 0.248 e. The lowest BCUT2D eigenvalue weighted by atomic mass is 9.99. The van der Waals surface area contributed by atoms with Gasteiger partial charge in [-0.3, -0.25) is 4.79 Å². The van der Waals surface area contributed by atoms with Crippen LogP contribution >= 0.6 is 23.2 Å². The van der Waals surface area contributed by atoms with Crippen molar-refractivity contribution >= 4 is 51.3 Å². The molecule has 4 nitrogen and oxygen atoms in total. The molecule has 0 radical (unpaired) electrons. The van der Waals surface area contributed by atoms with Gasteiger partial charge in [-0.2, -0.15) is 0 Å². The van der Waals surface area contributed by atoms with Crippen LogP contribution in [0.2, 0.25) is 10.0 Å². The average Bonchev–Trinajstić information content (AvgIpc) is 3.18. The summed E-state index contributed by atoms with van der Waals surface area (Å²) in [7, 11) is 1.56. The number of amides is 1. The average molecular weight is 470 g/mol. The standard InChI is InChI=1S/C25H18Cl2FNO3/c1-14(9-25(30)29-17-7-8-22(28)21(27)10-17)18-11-19-20(15-3-5-16(26)6-4-15)13-32-24(19)12-23(18)31-2/h3-13H,1-2H3,(H,29,30)/b14-9+. The number of rotatable bonds is 5. The van der Waals surface area contributed by atoms with Crippen LogP contribution < -0.4 is 10.1 Å². The molecule has 162 valence electrons. The Morgan fingerprint density at radius 2 is 1.84 bits per heavy atom. The second-order valence-corrected chi connectivity index (χ2v) is 7.99. The van der Waals surface area contributed by atoms with Crippen LogP contribution in [0.25, 0.3) is 27.7 Å². The monoisotopic (exact) mass is 469 g/mol. The maximum absolute atomic E-state index is 13.3. The Morgan fingerprint density at radius 3 is 2.53 bits per heavy atom. The van der Waals surface area contributed by atoms with E-state index in [2.05, 4.69) is 5.32 Å². The van der Waals surface area contributed by atoms with Crippen molar-refractivity contribution in [3.63, 3.8) is 0 Å². The lowest BCUT2D eigenvalue weighted by Gasteiger charge is -2.10. The van der Waals surface area contributed by atoms with Gasteiger partial charge in [0.15, 0.2) is 0 Å². The Kier molecular flexibility index (Phi) is 6.21. The fourth-order valence-electron chi connectivity index (χ4n) is 3.41. The number of benzene rings is 3. The summed E-state index contributed by atoms with van der Waals surface area (Å²) in [6, 6.07) is 15.2. The molecule has 0 aliphatic rings. The molecule has 0 fully saturated rings. The van der Waals surface area contributed by atoms with Crippen molar-refractivity contribution < 1.29 is 18.3 Å². The second kappa shape index (κ2) is 9.07. The van der Waals surface area contributed by atoms with E-state index in [4.69, 9.17) is 32.4 Å². The number of hydrogen-bond acceptors (Lipinski definition) is 3. The van der Waals surface area contributed by atoms with E-state index in [1.165, 1.54) is 24.3 Å². The summed E-state index contributed by atoms with van der Waals surface area (Å²) in [5.41, 5.74) is 4.33. The maximum atomic E-state index is 13.3. The van der Waals surface area contributed by atoms with Crippen LogP contribution in [0.5, 0.6) is 5.75 Å². The molecule has 0 aliphatic heterocycles. The molecule has 3 aromatic carbocycles. The summed E-state index contributed by atoms with van der Waals surface area (Å²) in [6.45, 7) is 1.81. The van der Waals surface area contributed by atoms with Gasteiger partial charge in [0.25, 0.3) is 0 Å². The van der Waals surface area contributed by atoms with Crippen molar-refractivity contribution in [3.8, 4) is 16.9 Å². The number of nitrogens with one attached hydrogen (secondary N) is 1. The number of anilines is 1. The van der Waals surface area contributed by atoms with E-state index >= 15 is 0 Å². The van der Waals surface area contributed by atoms with Gasteiger partial charge < -0.3 is 14.5 Å². The van der Waals surface area contributed by atoms with E-state index in [9.17, 15) is 9.18 Å². The van der Waals surface area contributed by atoms with E-state index in [1.807, 2.05) is 37.3 Å². The Morgan fingerprint density at radius 1 is 1.09 bits per heavy atom. The third-order valence-electron chi connectivity index (χ3n) is 5.01. The van der Waals surface area contributed by atoms with Crippen molar-refractivity contribution in [3.05, 3.63) is 88.4 Å². The van der Waals surface area contributed by atoms with Gasteiger partial charge in [0.2, 0.25) is 5.91 Å². The molecule has 1 N–H and O–H groups in total. The van der Waals surface area contributed by atoms with Crippen molar-refractivity contribution in [1.29, 1.82) is 0 Å². The summed E-state index contributed by atoms with van der Waals surface area (Å²) in [6.07, 6.45) is 3.13. The van der Waals surface area contributed by atoms with Crippen molar-refractivity contribution in [2.75, 3.05) is 12.4 Å². The first kappa shape index (κ1) is 21.9. The minimum Gasteiger partial charge on any atom is -0.496 e. The van der Waals surface area contributed by atoms with Crippen LogP contribution in [-0.4, -0.2) is 13.0 Å². The number of methoxy groups -OCH3 is 1. The Balaban J connectivity index is 1.69. The molecule has 0 saturated carbocycles. The minimum atomic E-state index is -0.550. The van der Waals surface area contributed by atoms with Crippen LogP contribution in [0.1, 0.15) is 12.5 Å². The number of carbonyl (C=O) groups is 1. The molecule has 0 atom stereocenters. The van der Waals surface area contributed by atoms with Gasteiger partial charge in [-0.1, -0.05) is 35.3 Å². The van der Waals surface area contributed by atoms with Gasteiger partial charge in [0.05, 0.1) is 18.4 Å². The van der Waals surface area contributed by atoms with E-state index in [-0.39, 0.29) is 10.9 Å². The Labute approximate surface area is 194 Å². The zero-order valence-electron chi connectivity index (χ0n) is 17.2. The van der Waals surface area contributed by atoms with Gasteiger partial charge >= 0.3 is 0 Å². The molecular weight excluding hydrogens is 452 g/mol. The van der Waals surface area contributed by atoms with E-state index in [0.29, 0.717) is 27.6 Å². The largest absolute Gasteiger partial charge is 0.496 e. The molecular formula is C25H18Cl2FNO3. The van der Waals surface area contributed by atoms with Gasteiger partial charge in [-0.05, 0) is 54.5 Å². The number of hydrogen-bond donors (Lipinski definition) is 1. The van der Waals surface area contributed by atoms with E-state index in [0.717, 1.165) is 22.1 Å². The summed E-state index contributed by atoms with van der Waals surface area (Å²) in [4.78, 5) is 12.5. The quantitative estimate of drug-likeness (QED) is 0.306. The number of allylic oxidation sites excluding steroid dienone is 1. The molecule has 1 amide bonds. The van der Waals surface area contributed by atoms with Crippen molar-refractivity contribution in [2.45, 2.75) is 6.92 Å². The lowest BCUT2D eigenvalue weighted by molar-refractivity contribution is -0.111. The first-order valence-electron chi connectivity index (χ1n) is 9.65. The topological polar surface area (TPSA) is 51.5 Å². The minimum absolute atomic E-state index is 0.0645. The second-order valence-electron chi connectivity index (χ2n) is 7.15. The SMILES string of the molecule is COc1cc2occ(-c3ccc(Cl)cc3)c2cc1/C(C)=C/C(=O)Nc1ccc(F)c(Cl)c1. The third-order valence-corrected chi connectivity index (χ3v) is 5.55. The summed E-state index contributed by atoms with van der Waals surface area (Å²) < 4.78 is 24.6. The molecule has 4 rings (SSSR count). The highest BCUT2D eigenvalue weighted by atomic mass is 35.5. The fraction of sp³-hybridized carbons (Fsp3) is 0.0800. The molecule has 0 bridgehead atoms. The molecule has 1 heterocycles. The predicted molar refractivity (Wildman–Crippen MR) is 127 cm³/mol. The highest BCUT2D eigenvalue weighted by molar-refractivity contribution is 6.31. The summed E-state index contributed by atoms with van der Waals surface area (Å²) in [5, 5.41) is 4.15. The van der Waals surface area contributed by atoms with Crippen LogP contribution in [-0.2, 0) is 4.79 Å². The lowest BCUT2D eigenvalue weighted by Crippen LogP contribution is -2.08. The molecule has 7 heteroatoms. The highest BCUT2D eigenvalue weighted by Crippen LogP contribution is 2.37. The van der Waals surface area contributed by atoms with Gasteiger partial charge in [0, 0.05) is 39.4 Å². The molecule has 1 aromatic heterocycles. The number of ether oxygens (including phenoxy) is 1. The Bertz CT molecular complexity index is 1340. The summed E-state index contributed by atoms with van der Waals surface area (Å²) in [5.74, 6) is -0.357. The Hall–Kier alpha value is -3.28. The molecule has 32 heavy (non-hydrogen) atoms. The fourth-order valence-corrected chi connectivity index (χ4v) is 3.72. The van der Waals surface area contributed by atoms with Crippen LogP contribution in [0.3, 0.4) is 0 Å². The van der Waals surface area contributed by atoms with Gasteiger partial charge in [-0.25, -0.2) is 4.39 Å². The molecule has 0 spiro atoms. The number of furan rings is 1. The molecule has 0 aliphatic carbocycles. The van der Waals surface area contributed by atoms with Crippen LogP contribution in [0, 0.1) is 5.82 Å².